The molecule has 1 N–H and O–H groups in total. The van der Waals surface area contributed by atoms with Crippen molar-refractivity contribution >= 4 is 29.3 Å². The number of ether oxygens (including phenoxy) is 2. The summed E-state index contributed by atoms with van der Waals surface area (Å²) in [5, 5.41) is 3.78. The van der Waals surface area contributed by atoms with Crippen LogP contribution in [-0.4, -0.2) is 30.9 Å². The average molecular weight is 458 g/mol. The molecule has 0 aromatic heterocycles. The first kappa shape index (κ1) is 22.6. The normalized spacial score (nSPS) is 26.0. The smallest absolute Gasteiger partial charge is 0.337 e. The van der Waals surface area contributed by atoms with Crippen LogP contribution >= 0.6 is 11.6 Å². The molecule has 6 nitrogen and oxygen atoms in total. The van der Waals surface area contributed by atoms with E-state index in [4.69, 9.17) is 21.1 Å². The lowest BCUT2D eigenvalue weighted by atomic mass is 9.69. The molecule has 0 bridgehead atoms. The number of methoxy groups -OCH3 is 1. The van der Waals surface area contributed by atoms with Crippen LogP contribution in [0.1, 0.15) is 57.4 Å². The minimum atomic E-state index is -0.909. The van der Waals surface area contributed by atoms with Gasteiger partial charge in [-0.2, -0.15) is 0 Å². The third kappa shape index (κ3) is 4.08. The first-order valence-electron chi connectivity index (χ1n) is 11.1. The zero-order chi connectivity index (χ0) is 23.0. The Morgan fingerprint density at radius 3 is 2.56 bits per heavy atom. The van der Waals surface area contributed by atoms with Crippen LogP contribution in [0.4, 0.5) is 0 Å². The first-order valence-corrected chi connectivity index (χ1v) is 11.5. The number of esters is 2. The largest absolute Gasteiger partial charge is 0.468 e. The number of carbonyl (C=O) groups excluding carboxylic acids is 3. The van der Waals surface area contributed by atoms with E-state index in [1.54, 1.807) is 18.2 Å². The number of halogens is 1. The highest BCUT2D eigenvalue weighted by Crippen LogP contribution is 2.46. The number of hydrogen-bond acceptors (Lipinski definition) is 6. The second-order valence-electron chi connectivity index (χ2n) is 8.90. The molecule has 0 saturated heterocycles. The summed E-state index contributed by atoms with van der Waals surface area (Å²) in [6.07, 6.45) is 4.17. The zero-order valence-electron chi connectivity index (χ0n) is 18.6. The Labute approximate surface area is 193 Å². The maximum atomic E-state index is 13.7. The van der Waals surface area contributed by atoms with Crippen LogP contribution in [0.5, 0.6) is 0 Å². The molecule has 2 aliphatic carbocycles. The maximum Gasteiger partial charge on any atom is 0.337 e. The van der Waals surface area contributed by atoms with E-state index in [0.717, 1.165) is 36.9 Å². The van der Waals surface area contributed by atoms with Crippen molar-refractivity contribution in [1.29, 1.82) is 0 Å². The summed E-state index contributed by atoms with van der Waals surface area (Å²) in [5.41, 5.74) is 2.93. The van der Waals surface area contributed by atoms with E-state index < -0.39 is 23.8 Å². The second-order valence-corrected chi connectivity index (χ2v) is 9.34. The van der Waals surface area contributed by atoms with Gasteiger partial charge in [-0.1, -0.05) is 30.7 Å². The summed E-state index contributed by atoms with van der Waals surface area (Å²) in [7, 11) is 1.29. The molecule has 1 fully saturated rings. The van der Waals surface area contributed by atoms with Crippen LogP contribution in [0.3, 0.4) is 0 Å². The van der Waals surface area contributed by atoms with Crippen LogP contribution < -0.4 is 5.32 Å². The van der Waals surface area contributed by atoms with Crippen molar-refractivity contribution in [2.45, 2.75) is 58.0 Å². The molecular formula is C25H28ClNO5. The lowest BCUT2D eigenvalue weighted by Crippen LogP contribution is -2.43. The zero-order valence-corrected chi connectivity index (χ0v) is 19.3. The van der Waals surface area contributed by atoms with Gasteiger partial charge in [-0.15, -0.1) is 0 Å². The van der Waals surface area contributed by atoms with Crippen LogP contribution in [0.25, 0.3) is 0 Å². The SMILES string of the molecule is COC(=O)[C@H]1C(=O)C2=C(C[C@H]1C)NC(C)=C(C(=O)OC1CCCC1)[C@@H]2c1cccc(Cl)c1. The predicted molar refractivity (Wildman–Crippen MR) is 120 cm³/mol. The highest BCUT2D eigenvalue weighted by molar-refractivity contribution is 6.30. The molecule has 3 atom stereocenters. The third-order valence-electron chi connectivity index (χ3n) is 6.72. The Kier molecular flexibility index (Phi) is 6.42. The summed E-state index contributed by atoms with van der Waals surface area (Å²) in [6.45, 7) is 3.69. The van der Waals surface area contributed by atoms with Gasteiger partial charge in [0.1, 0.15) is 12.0 Å². The number of carbonyl (C=O) groups is 3. The lowest BCUT2D eigenvalue weighted by molar-refractivity contribution is -0.151. The molecule has 7 heteroatoms. The van der Waals surface area contributed by atoms with Gasteiger partial charge in [0.05, 0.1) is 12.7 Å². The molecule has 1 aliphatic heterocycles. The van der Waals surface area contributed by atoms with E-state index in [-0.39, 0.29) is 17.8 Å². The molecule has 1 aromatic carbocycles. The number of nitrogens with one attached hydrogen (secondary N) is 1. The number of hydrogen-bond donors (Lipinski definition) is 1. The van der Waals surface area contributed by atoms with E-state index in [0.29, 0.717) is 28.3 Å². The minimum absolute atomic E-state index is 0.108. The molecule has 0 unspecified atom stereocenters. The highest BCUT2D eigenvalue weighted by atomic mass is 35.5. The number of dihydropyridines is 1. The number of benzene rings is 1. The maximum absolute atomic E-state index is 13.7. The Hall–Kier alpha value is -2.60. The summed E-state index contributed by atoms with van der Waals surface area (Å²) >= 11 is 6.28. The molecular weight excluding hydrogens is 430 g/mol. The Balaban J connectivity index is 1.81. The minimum Gasteiger partial charge on any atom is -0.468 e. The molecule has 1 aromatic rings. The number of ketones is 1. The molecule has 0 spiro atoms. The average Bonchev–Trinajstić information content (AvgIpc) is 3.25. The van der Waals surface area contributed by atoms with Gasteiger partial charge >= 0.3 is 11.9 Å². The van der Waals surface area contributed by atoms with Gasteiger partial charge in [0.15, 0.2) is 5.78 Å². The van der Waals surface area contributed by atoms with Gasteiger partial charge < -0.3 is 14.8 Å². The third-order valence-corrected chi connectivity index (χ3v) is 6.96. The monoisotopic (exact) mass is 457 g/mol. The van der Waals surface area contributed by atoms with E-state index in [9.17, 15) is 14.4 Å². The van der Waals surface area contributed by atoms with E-state index >= 15 is 0 Å². The fourth-order valence-corrected chi connectivity index (χ4v) is 5.39. The van der Waals surface area contributed by atoms with Gasteiger partial charge in [-0.25, -0.2) is 4.79 Å². The van der Waals surface area contributed by atoms with Crippen LogP contribution in [0, 0.1) is 11.8 Å². The Morgan fingerprint density at radius 1 is 1.19 bits per heavy atom. The van der Waals surface area contributed by atoms with Crippen molar-refractivity contribution in [3.63, 3.8) is 0 Å². The molecule has 170 valence electrons. The second kappa shape index (κ2) is 9.10. The Bertz CT molecular complexity index is 1020. The molecule has 0 radical (unpaired) electrons. The number of Topliss-reactive ketones (excluding diaryl/α,β-unsaturated/α-hetero) is 1. The fraction of sp³-hybridized carbons (Fsp3) is 0.480. The first-order chi connectivity index (χ1) is 15.3. The van der Waals surface area contributed by atoms with Gasteiger partial charge in [0, 0.05) is 27.9 Å². The van der Waals surface area contributed by atoms with Crippen LogP contribution in [0.15, 0.2) is 46.8 Å². The standard InChI is InChI=1S/C25H28ClNO5/c1-13-11-18-22(23(28)19(13)24(29)31-3)21(15-7-6-8-16(26)12-15)20(14(2)27-18)25(30)32-17-9-4-5-10-17/h6-8,12-13,17,19,21,27H,4-5,9-11H2,1-3H3/t13-,19-,21+/m1/s1. The van der Waals surface area contributed by atoms with E-state index in [1.165, 1.54) is 7.11 Å². The van der Waals surface area contributed by atoms with Gasteiger partial charge in [0.25, 0.3) is 0 Å². The van der Waals surface area contributed by atoms with Gasteiger partial charge in [0.2, 0.25) is 0 Å². The van der Waals surface area contributed by atoms with Crippen molar-refractivity contribution in [3.05, 3.63) is 57.4 Å². The van der Waals surface area contributed by atoms with E-state index in [1.807, 2.05) is 19.9 Å². The van der Waals surface area contributed by atoms with Gasteiger partial charge in [-0.3, -0.25) is 9.59 Å². The van der Waals surface area contributed by atoms with Gasteiger partial charge in [-0.05, 0) is 62.6 Å². The molecule has 0 amide bonds. The van der Waals surface area contributed by atoms with Crippen molar-refractivity contribution in [1.82, 2.24) is 5.32 Å². The van der Waals surface area contributed by atoms with E-state index in [2.05, 4.69) is 5.32 Å². The molecule has 1 saturated carbocycles. The molecule has 3 aliphatic rings. The highest BCUT2D eigenvalue weighted by Gasteiger charge is 2.47. The number of rotatable bonds is 4. The lowest BCUT2D eigenvalue weighted by Gasteiger charge is -2.38. The summed E-state index contributed by atoms with van der Waals surface area (Å²) in [6, 6.07) is 7.15. The fourth-order valence-electron chi connectivity index (χ4n) is 5.19. The van der Waals surface area contributed by atoms with Crippen molar-refractivity contribution in [2.75, 3.05) is 7.11 Å². The van der Waals surface area contributed by atoms with Crippen molar-refractivity contribution in [3.8, 4) is 0 Å². The quantitative estimate of drug-likeness (QED) is 0.531. The van der Waals surface area contributed by atoms with Crippen LogP contribution in [0.2, 0.25) is 5.02 Å². The van der Waals surface area contributed by atoms with Crippen molar-refractivity contribution in [2.24, 2.45) is 11.8 Å². The predicted octanol–water partition coefficient (Wildman–Crippen LogP) is 4.44. The summed E-state index contributed by atoms with van der Waals surface area (Å²) in [5.74, 6) is -3.10. The molecule has 4 rings (SSSR count). The van der Waals surface area contributed by atoms with Crippen LogP contribution in [-0.2, 0) is 23.9 Å². The molecule has 1 heterocycles. The summed E-state index contributed by atoms with van der Waals surface area (Å²) in [4.78, 5) is 39.5. The topological polar surface area (TPSA) is 81.7 Å². The van der Waals surface area contributed by atoms with Crippen molar-refractivity contribution < 1.29 is 23.9 Å². The Morgan fingerprint density at radius 2 is 1.91 bits per heavy atom. The summed E-state index contributed by atoms with van der Waals surface area (Å²) < 4.78 is 10.8. The molecule has 32 heavy (non-hydrogen) atoms. The number of allylic oxidation sites excluding steroid dienone is 3.